The first-order valence-corrected chi connectivity index (χ1v) is 8.39. The van der Waals surface area contributed by atoms with Crippen molar-refractivity contribution in [2.75, 3.05) is 31.5 Å². The lowest BCUT2D eigenvalue weighted by atomic mass is 9.89. The average molecular weight is 317 g/mol. The summed E-state index contributed by atoms with van der Waals surface area (Å²) in [6.07, 6.45) is 3.29. The van der Waals surface area contributed by atoms with Crippen LogP contribution in [0.25, 0.3) is 0 Å². The summed E-state index contributed by atoms with van der Waals surface area (Å²) < 4.78 is 0. The minimum Gasteiger partial charge on any atom is -0.356 e. The van der Waals surface area contributed by atoms with Gasteiger partial charge in [0, 0.05) is 26.1 Å². The van der Waals surface area contributed by atoms with Crippen LogP contribution in [0.4, 0.5) is 5.69 Å². The van der Waals surface area contributed by atoms with E-state index in [9.17, 15) is 9.59 Å². The molecule has 0 aromatic heterocycles. The Morgan fingerprint density at radius 1 is 1.17 bits per heavy atom. The molecule has 1 aromatic carbocycles. The summed E-state index contributed by atoms with van der Waals surface area (Å²) in [5.41, 5.74) is 2.20. The topological polar surface area (TPSA) is 61.4 Å². The second kappa shape index (κ2) is 8.67. The van der Waals surface area contributed by atoms with Crippen molar-refractivity contribution in [3.8, 4) is 0 Å². The van der Waals surface area contributed by atoms with Crippen LogP contribution in [0.15, 0.2) is 24.3 Å². The highest BCUT2D eigenvalue weighted by Gasteiger charge is 2.20. The molecule has 2 amide bonds. The van der Waals surface area contributed by atoms with E-state index in [-0.39, 0.29) is 11.8 Å². The number of hydrogen-bond acceptors (Lipinski definition) is 3. The van der Waals surface area contributed by atoms with Crippen molar-refractivity contribution in [1.82, 2.24) is 10.2 Å². The number of nitrogens with one attached hydrogen (secondary N) is 2. The number of rotatable bonds is 6. The van der Waals surface area contributed by atoms with Crippen molar-refractivity contribution >= 4 is 17.5 Å². The molecule has 1 heterocycles. The van der Waals surface area contributed by atoms with Crippen LogP contribution in [-0.4, -0.2) is 42.9 Å². The Hall–Kier alpha value is -1.88. The maximum Gasteiger partial charge on any atom is 0.221 e. The van der Waals surface area contributed by atoms with E-state index in [1.807, 2.05) is 12.1 Å². The van der Waals surface area contributed by atoms with E-state index in [4.69, 9.17) is 0 Å². The van der Waals surface area contributed by atoms with Gasteiger partial charge in [0.1, 0.15) is 0 Å². The minimum atomic E-state index is -0.0314. The fraction of sp³-hybridized carbons (Fsp3) is 0.556. The molecule has 5 nitrogen and oxygen atoms in total. The lowest BCUT2D eigenvalue weighted by molar-refractivity contribution is -0.119. The summed E-state index contributed by atoms with van der Waals surface area (Å²) in [5, 5.41) is 5.69. The highest BCUT2D eigenvalue weighted by atomic mass is 16.2. The van der Waals surface area contributed by atoms with Crippen molar-refractivity contribution in [2.45, 2.75) is 39.0 Å². The third-order valence-electron chi connectivity index (χ3n) is 4.29. The van der Waals surface area contributed by atoms with Gasteiger partial charge in [0.05, 0.1) is 0 Å². The van der Waals surface area contributed by atoms with E-state index in [2.05, 4.69) is 27.7 Å². The first kappa shape index (κ1) is 17.5. The maximum atomic E-state index is 11.2. The van der Waals surface area contributed by atoms with E-state index >= 15 is 0 Å². The minimum absolute atomic E-state index is 0.0314. The Kier molecular flexibility index (Phi) is 6.59. The van der Waals surface area contributed by atoms with E-state index in [0.717, 1.165) is 51.1 Å². The van der Waals surface area contributed by atoms with Gasteiger partial charge in [0.15, 0.2) is 0 Å². The highest BCUT2D eigenvalue weighted by Crippen LogP contribution is 2.29. The average Bonchev–Trinajstić information content (AvgIpc) is 2.52. The molecule has 0 spiro atoms. The van der Waals surface area contributed by atoms with Gasteiger partial charge in [0.25, 0.3) is 0 Å². The zero-order chi connectivity index (χ0) is 16.7. The summed E-state index contributed by atoms with van der Waals surface area (Å²) in [4.78, 5) is 24.5. The Morgan fingerprint density at radius 2 is 1.91 bits per heavy atom. The molecule has 1 aromatic rings. The van der Waals surface area contributed by atoms with Crippen molar-refractivity contribution in [1.29, 1.82) is 0 Å². The molecule has 1 aliphatic rings. The Bertz CT molecular complexity index is 537. The van der Waals surface area contributed by atoms with Crippen molar-refractivity contribution in [3.63, 3.8) is 0 Å². The molecule has 126 valence electrons. The van der Waals surface area contributed by atoms with E-state index in [0.29, 0.717) is 5.92 Å². The molecule has 0 bridgehead atoms. The lowest BCUT2D eigenvalue weighted by Crippen LogP contribution is -2.35. The zero-order valence-electron chi connectivity index (χ0n) is 14.1. The fourth-order valence-corrected chi connectivity index (χ4v) is 3.13. The van der Waals surface area contributed by atoms with Gasteiger partial charge in [-0.3, -0.25) is 9.59 Å². The molecule has 0 unspecified atom stereocenters. The number of carbonyl (C=O) groups excluding carboxylic acids is 2. The van der Waals surface area contributed by atoms with E-state index < -0.39 is 0 Å². The van der Waals surface area contributed by atoms with Gasteiger partial charge in [-0.2, -0.15) is 0 Å². The number of amides is 2. The van der Waals surface area contributed by atoms with Gasteiger partial charge in [-0.15, -0.1) is 0 Å². The van der Waals surface area contributed by atoms with Gasteiger partial charge in [0.2, 0.25) is 11.8 Å². The van der Waals surface area contributed by atoms with Gasteiger partial charge in [-0.25, -0.2) is 0 Å². The largest absolute Gasteiger partial charge is 0.356 e. The van der Waals surface area contributed by atoms with Gasteiger partial charge in [-0.05, 0) is 62.5 Å². The molecular formula is C18H27N3O2. The standard InChI is InChI=1S/C18H27N3O2/c1-14(22)19-9-4-10-21-11-7-16(8-12-21)17-5-3-6-18(13-17)20-15(2)23/h3,5-6,13,16H,4,7-12H2,1-2H3,(H,19,22)(H,20,23). The summed E-state index contributed by atoms with van der Waals surface area (Å²) in [5.74, 6) is 0.578. The van der Waals surface area contributed by atoms with Crippen LogP contribution in [0.2, 0.25) is 0 Å². The zero-order valence-corrected chi connectivity index (χ0v) is 14.1. The third-order valence-corrected chi connectivity index (χ3v) is 4.29. The number of benzene rings is 1. The smallest absolute Gasteiger partial charge is 0.221 e. The van der Waals surface area contributed by atoms with Crippen LogP contribution >= 0.6 is 0 Å². The van der Waals surface area contributed by atoms with Crippen molar-refractivity contribution in [3.05, 3.63) is 29.8 Å². The summed E-state index contributed by atoms with van der Waals surface area (Å²) in [6, 6.07) is 8.20. The van der Waals surface area contributed by atoms with Crippen LogP contribution in [0.1, 0.15) is 44.6 Å². The number of anilines is 1. The van der Waals surface area contributed by atoms with Crippen LogP contribution in [0.3, 0.4) is 0 Å². The van der Waals surface area contributed by atoms with Gasteiger partial charge in [-0.1, -0.05) is 12.1 Å². The lowest BCUT2D eigenvalue weighted by Gasteiger charge is -2.32. The normalized spacial score (nSPS) is 16.1. The molecule has 2 N–H and O–H groups in total. The monoisotopic (exact) mass is 317 g/mol. The van der Waals surface area contributed by atoms with E-state index in [1.165, 1.54) is 12.5 Å². The number of hydrogen-bond donors (Lipinski definition) is 2. The SMILES string of the molecule is CC(=O)NCCCN1CCC(c2cccc(NC(C)=O)c2)CC1. The molecule has 23 heavy (non-hydrogen) atoms. The second-order valence-electron chi connectivity index (χ2n) is 6.26. The Morgan fingerprint density at radius 3 is 2.57 bits per heavy atom. The Balaban J connectivity index is 1.77. The molecule has 1 aliphatic heterocycles. The number of carbonyl (C=O) groups is 2. The van der Waals surface area contributed by atoms with Crippen molar-refractivity contribution < 1.29 is 9.59 Å². The van der Waals surface area contributed by atoms with Gasteiger partial charge < -0.3 is 15.5 Å². The predicted octanol–water partition coefficient (Wildman–Crippen LogP) is 2.35. The molecule has 0 radical (unpaired) electrons. The molecule has 1 fully saturated rings. The summed E-state index contributed by atoms with van der Waals surface area (Å²) >= 11 is 0. The number of likely N-dealkylation sites (tertiary alicyclic amines) is 1. The van der Waals surface area contributed by atoms with E-state index in [1.54, 1.807) is 6.92 Å². The highest BCUT2D eigenvalue weighted by molar-refractivity contribution is 5.88. The molecule has 0 atom stereocenters. The third kappa shape index (κ3) is 6.02. The second-order valence-corrected chi connectivity index (χ2v) is 6.26. The molecule has 2 rings (SSSR count). The van der Waals surface area contributed by atoms with Crippen LogP contribution in [0, 0.1) is 0 Å². The van der Waals surface area contributed by atoms with Crippen LogP contribution in [-0.2, 0) is 9.59 Å². The maximum absolute atomic E-state index is 11.2. The summed E-state index contributed by atoms with van der Waals surface area (Å²) in [6.45, 7) is 7.07. The molecule has 0 aliphatic carbocycles. The molecule has 1 saturated heterocycles. The first-order chi connectivity index (χ1) is 11.0. The quantitative estimate of drug-likeness (QED) is 0.792. The molecule has 0 saturated carbocycles. The molecule has 5 heteroatoms. The number of nitrogens with zero attached hydrogens (tertiary/aromatic N) is 1. The molecular weight excluding hydrogens is 290 g/mol. The van der Waals surface area contributed by atoms with Crippen LogP contribution in [0.5, 0.6) is 0 Å². The van der Waals surface area contributed by atoms with Crippen molar-refractivity contribution in [2.24, 2.45) is 0 Å². The fourth-order valence-electron chi connectivity index (χ4n) is 3.13. The predicted molar refractivity (Wildman–Crippen MR) is 92.5 cm³/mol. The van der Waals surface area contributed by atoms with Crippen LogP contribution < -0.4 is 10.6 Å². The Labute approximate surface area is 138 Å². The van der Waals surface area contributed by atoms with Gasteiger partial charge >= 0.3 is 0 Å². The first-order valence-electron chi connectivity index (χ1n) is 8.39. The summed E-state index contributed by atoms with van der Waals surface area (Å²) in [7, 11) is 0. The number of piperidine rings is 1.